The van der Waals surface area contributed by atoms with Crippen molar-refractivity contribution in [3.05, 3.63) is 65.7 Å². The molecule has 0 aliphatic heterocycles. The number of aromatic hydroxyl groups is 2. The summed E-state index contributed by atoms with van der Waals surface area (Å²) in [5, 5.41) is 30.1. The molecule has 6 heteroatoms. The summed E-state index contributed by atoms with van der Waals surface area (Å²) in [6.07, 6.45) is 2.86. The quantitative estimate of drug-likeness (QED) is 0.607. The molecule has 2 rings (SSSR count). The Kier molecular flexibility index (Phi) is 5.57. The van der Waals surface area contributed by atoms with Crippen molar-refractivity contribution in [1.29, 1.82) is 0 Å². The van der Waals surface area contributed by atoms with E-state index in [4.69, 9.17) is 0 Å². The fraction of sp³-hybridized carbons (Fsp3) is 0.111. The maximum atomic E-state index is 11.9. The highest BCUT2D eigenvalue weighted by atomic mass is 16.4. The number of carboxylic acid groups (broad SMARTS) is 1. The van der Waals surface area contributed by atoms with E-state index >= 15 is 0 Å². The Bertz CT molecular complexity index is 735. The molecule has 0 radical (unpaired) electrons. The molecule has 1 atom stereocenters. The average Bonchev–Trinajstić information content (AvgIpc) is 2.55. The Labute approximate surface area is 138 Å². The van der Waals surface area contributed by atoms with Gasteiger partial charge in [-0.1, -0.05) is 24.3 Å². The van der Waals surface area contributed by atoms with Gasteiger partial charge in [0.2, 0.25) is 5.91 Å². The molecule has 0 aliphatic carbocycles. The van der Waals surface area contributed by atoms with E-state index in [9.17, 15) is 24.9 Å². The molecular formula is C18H17NO5. The van der Waals surface area contributed by atoms with Gasteiger partial charge in [-0.25, -0.2) is 4.79 Å². The van der Waals surface area contributed by atoms with Crippen LogP contribution < -0.4 is 5.32 Å². The topological polar surface area (TPSA) is 107 Å². The van der Waals surface area contributed by atoms with Gasteiger partial charge in [-0.3, -0.25) is 4.79 Å². The fourth-order valence-corrected chi connectivity index (χ4v) is 2.04. The number of phenols is 2. The summed E-state index contributed by atoms with van der Waals surface area (Å²) >= 11 is 0. The van der Waals surface area contributed by atoms with Crippen molar-refractivity contribution in [3.63, 3.8) is 0 Å². The van der Waals surface area contributed by atoms with E-state index in [0.717, 1.165) is 0 Å². The molecule has 2 aromatic carbocycles. The van der Waals surface area contributed by atoms with Gasteiger partial charge in [-0.15, -0.1) is 0 Å². The number of amides is 1. The Morgan fingerprint density at radius 3 is 2.04 bits per heavy atom. The van der Waals surface area contributed by atoms with Crippen LogP contribution in [0.1, 0.15) is 11.1 Å². The summed E-state index contributed by atoms with van der Waals surface area (Å²) in [5.41, 5.74) is 1.39. The van der Waals surface area contributed by atoms with Crippen molar-refractivity contribution >= 4 is 18.0 Å². The van der Waals surface area contributed by atoms with Crippen molar-refractivity contribution < 1.29 is 24.9 Å². The molecule has 0 spiro atoms. The minimum Gasteiger partial charge on any atom is -0.508 e. The number of benzene rings is 2. The van der Waals surface area contributed by atoms with Crippen LogP contribution in [0.25, 0.3) is 6.08 Å². The van der Waals surface area contributed by atoms with Crippen LogP contribution in [0.2, 0.25) is 0 Å². The lowest BCUT2D eigenvalue weighted by molar-refractivity contribution is -0.141. The van der Waals surface area contributed by atoms with Crippen LogP contribution in [-0.4, -0.2) is 33.2 Å². The highest BCUT2D eigenvalue weighted by molar-refractivity contribution is 5.94. The van der Waals surface area contributed by atoms with E-state index < -0.39 is 17.9 Å². The van der Waals surface area contributed by atoms with E-state index in [0.29, 0.717) is 11.1 Å². The van der Waals surface area contributed by atoms with E-state index in [1.165, 1.54) is 36.4 Å². The second-order valence-electron chi connectivity index (χ2n) is 5.19. The number of carbonyl (C=O) groups is 2. The number of rotatable bonds is 6. The van der Waals surface area contributed by atoms with Crippen molar-refractivity contribution in [1.82, 2.24) is 5.32 Å². The minimum atomic E-state index is -1.14. The van der Waals surface area contributed by atoms with Crippen LogP contribution >= 0.6 is 0 Å². The molecule has 0 saturated carbocycles. The standard InChI is InChI=1S/C18H17NO5/c20-14-6-1-12(2-7-14)5-10-17(22)19-16(18(23)24)11-13-3-8-15(21)9-4-13/h1-10,16,20-21H,11H2,(H,19,22)(H,23,24)/b10-5-/t16-/m0/s1. The summed E-state index contributed by atoms with van der Waals surface area (Å²) in [6.45, 7) is 0. The van der Waals surface area contributed by atoms with Gasteiger partial charge in [0.05, 0.1) is 0 Å². The van der Waals surface area contributed by atoms with Gasteiger partial charge in [0.1, 0.15) is 17.5 Å². The van der Waals surface area contributed by atoms with Gasteiger partial charge < -0.3 is 20.6 Å². The lowest BCUT2D eigenvalue weighted by atomic mass is 10.1. The molecule has 0 unspecified atom stereocenters. The van der Waals surface area contributed by atoms with E-state index in [1.54, 1.807) is 24.3 Å². The average molecular weight is 327 g/mol. The lowest BCUT2D eigenvalue weighted by Crippen LogP contribution is -2.41. The fourth-order valence-electron chi connectivity index (χ4n) is 2.04. The molecule has 24 heavy (non-hydrogen) atoms. The first-order chi connectivity index (χ1) is 11.4. The van der Waals surface area contributed by atoms with Gasteiger partial charge in [-0.05, 0) is 41.5 Å². The number of carboxylic acids is 1. The van der Waals surface area contributed by atoms with Crippen LogP contribution in [0, 0.1) is 0 Å². The van der Waals surface area contributed by atoms with Crippen molar-refractivity contribution in [2.45, 2.75) is 12.5 Å². The van der Waals surface area contributed by atoms with Gasteiger partial charge in [0, 0.05) is 12.5 Å². The Hall–Kier alpha value is -3.28. The molecule has 0 fully saturated rings. The predicted octanol–water partition coefficient (Wildman–Crippen LogP) is 1.92. The maximum Gasteiger partial charge on any atom is 0.326 e. The van der Waals surface area contributed by atoms with Gasteiger partial charge in [0.25, 0.3) is 0 Å². The van der Waals surface area contributed by atoms with Gasteiger partial charge in [-0.2, -0.15) is 0 Å². The Morgan fingerprint density at radius 1 is 0.958 bits per heavy atom. The van der Waals surface area contributed by atoms with E-state index in [2.05, 4.69) is 5.32 Å². The number of hydrogen-bond donors (Lipinski definition) is 4. The number of carbonyl (C=O) groups excluding carboxylic acids is 1. The molecule has 2 aromatic rings. The van der Waals surface area contributed by atoms with Gasteiger partial charge >= 0.3 is 5.97 Å². The molecule has 6 nitrogen and oxygen atoms in total. The Balaban J connectivity index is 1.99. The molecule has 0 saturated heterocycles. The molecule has 0 aliphatic rings. The zero-order valence-electron chi connectivity index (χ0n) is 12.7. The van der Waals surface area contributed by atoms with Crippen molar-refractivity contribution in [2.75, 3.05) is 0 Å². The summed E-state index contributed by atoms with van der Waals surface area (Å²) < 4.78 is 0. The van der Waals surface area contributed by atoms with Gasteiger partial charge in [0.15, 0.2) is 0 Å². The highest BCUT2D eigenvalue weighted by Crippen LogP contribution is 2.12. The first-order valence-electron chi connectivity index (χ1n) is 7.22. The van der Waals surface area contributed by atoms with Crippen LogP contribution in [0.4, 0.5) is 0 Å². The summed E-state index contributed by atoms with van der Waals surface area (Å²) in [4.78, 5) is 23.2. The first kappa shape index (κ1) is 17.1. The molecule has 1 amide bonds. The van der Waals surface area contributed by atoms with Crippen LogP contribution in [0.15, 0.2) is 54.6 Å². The minimum absolute atomic E-state index is 0.0893. The molecular weight excluding hydrogens is 310 g/mol. The smallest absolute Gasteiger partial charge is 0.326 e. The van der Waals surface area contributed by atoms with E-state index in [-0.39, 0.29) is 17.9 Å². The first-order valence-corrected chi connectivity index (χ1v) is 7.22. The molecule has 0 bridgehead atoms. The summed E-state index contributed by atoms with van der Waals surface area (Å²) in [5.74, 6) is -1.47. The van der Waals surface area contributed by atoms with Crippen molar-refractivity contribution in [3.8, 4) is 11.5 Å². The molecule has 4 N–H and O–H groups in total. The summed E-state index contributed by atoms with van der Waals surface area (Å²) in [6, 6.07) is 11.3. The summed E-state index contributed by atoms with van der Waals surface area (Å²) in [7, 11) is 0. The third-order valence-corrected chi connectivity index (χ3v) is 3.31. The SMILES string of the molecule is O=C(/C=C\c1ccc(O)cc1)N[C@@H](Cc1ccc(O)cc1)C(=O)O. The van der Waals surface area contributed by atoms with Crippen LogP contribution in [0.5, 0.6) is 11.5 Å². The maximum absolute atomic E-state index is 11.9. The third kappa shape index (κ3) is 5.17. The highest BCUT2D eigenvalue weighted by Gasteiger charge is 2.19. The normalized spacial score (nSPS) is 12.0. The zero-order valence-corrected chi connectivity index (χ0v) is 12.7. The number of nitrogens with one attached hydrogen (secondary N) is 1. The number of phenolic OH excluding ortho intramolecular Hbond substituents is 2. The second-order valence-corrected chi connectivity index (χ2v) is 5.19. The predicted molar refractivity (Wildman–Crippen MR) is 88.5 cm³/mol. The molecule has 124 valence electrons. The third-order valence-electron chi connectivity index (χ3n) is 3.31. The van der Waals surface area contributed by atoms with Crippen LogP contribution in [0.3, 0.4) is 0 Å². The number of hydrogen-bond acceptors (Lipinski definition) is 4. The molecule has 0 heterocycles. The van der Waals surface area contributed by atoms with Crippen molar-refractivity contribution in [2.24, 2.45) is 0 Å². The van der Waals surface area contributed by atoms with Crippen LogP contribution in [-0.2, 0) is 16.0 Å². The lowest BCUT2D eigenvalue weighted by Gasteiger charge is -2.13. The molecule has 0 aromatic heterocycles. The second kappa shape index (κ2) is 7.82. The van der Waals surface area contributed by atoms with E-state index in [1.807, 2.05) is 0 Å². The largest absolute Gasteiger partial charge is 0.508 e. The number of aliphatic carboxylic acids is 1. The Morgan fingerprint density at radius 2 is 1.50 bits per heavy atom. The monoisotopic (exact) mass is 327 g/mol. The zero-order chi connectivity index (χ0) is 17.5.